The number of carboxylic acid groups (broad SMARTS) is 1. The maximum Gasteiger partial charge on any atom is 0.308 e. The fourth-order valence-electron chi connectivity index (χ4n) is 1.46. The monoisotopic (exact) mass is 207 g/mol. The van der Waals surface area contributed by atoms with Crippen molar-refractivity contribution < 1.29 is 9.90 Å². The van der Waals surface area contributed by atoms with E-state index in [1.165, 1.54) is 4.52 Å². The number of nitrogens with zero attached hydrogens (tertiary/aromatic N) is 2. The van der Waals surface area contributed by atoms with Gasteiger partial charge in [-0.1, -0.05) is 0 Å². The van der Waals surface area contributed by atoms with Crippen LogP contribution in [0, 0.1) is 6.92 Å². The first-order valence-electron chi connectivity index (χ1n) is 4.37. The van der Waals surface area contributed by atoms with Crippen LogP contribution in [-0.2, 0) is 11.2 Å². The van der Waals surface area contributed by atoms with Crippen LogP contribution in [0.4, 0.5) is 0 Å². The van der Waals surface area contributed by atoms with E-state index in [1.807, 2.05) is 0 Å². The summed E-state index contributed by atoms with van der Waals surface area (Å²) < 4.78 is 1.23. The topological polar surface area (TPSA) is 87.5 Å². The second-order valence-electron chi connectivity index (χ2n) is 3.21. The van der Waals surface area contributed by atoms with E-state index in [4.69, 9.17) is 5.11 Å². The van der Waals surface area contributed by atoms with Gasteiger partial charge in [0.2, 0.25) is 0 Å². The molecule has 0 aliphatic rings. The minimum atomic E-state index is -1.04. The number of aromatic nitrogens is 3. The van der Waals surface area contributed by atoms with Crippen molar-refractivity contribution in [3.8, 4) is 0 Å². The molecule has 0 aromatic carbocycles. The molecule has 78 valence electrons. The summed E-state index contributed by atoms with van der Waals surface area (Å²) in [4.78, 5) is 26.5. The number of H-pyrrole nitrogens is 1. The summed E-state index contributed by atoms with van der Waals surface area (Å²) in [5.74, 6) is -1.04. The molecule has 0 atom stereocenters. The van der Waals surface area contributed by atoms with Crippen molar-refractivity contribution in [3.05, 3.63) is 33.9 Å². The van der Waals surface area contributed by atoms with E-state index < -0.39 is 5.97 Å². The SMILES string of the molecule is Cc1nc2cc[nH]n2c(=O)c1CC(=O)O. The van der Waals surface area contributed by atoms with Crippen molar-refractivity contribution in [3.63, 3.8) is 0 Å². The third kappa shape index (κ3) is 1.50. The summed E-state index contributed by atoms with van der Waals surface area (Å²) in [5, 5.41) is 11.3. The maximum atomic E-state index is 11.8. The Morgan fingerprint density at radius 1 is 1.67 bits per heavy atom. The van der Waals surface area contributed by atoms with E-state index in [0.717, 1.165) is 0 Å². The molecule has 6 nitrogen and oxygen atoms in total. The minimum absolute atomic E-state index is 0.211. The van der Waals surface area contributed by atoms with Gasteiger partial charge in [0.05, 0.1) is 12.0 Å². The molecule has 2 heterocycles. The van der Waals surface area contributed by atoms with Gasteiger partial charge >= 0.3 is 5.97 Å². The fourth-order valence-corrected chi connectivity index (χ4v) is 1.46. The molecule has 2 N–H and O–H groups in total. The zero-order valence-corrected chi connectivity index (χ0v) is 8.02. The Balaban J connectivity index is 2.72. The van der Waals surface area contributed by atoms with E-state index >= 15 is 0 Å². The number of rotatable bonds is 2. The molecule has 0 bridgehead atoms. The van der Waals surface area contributed by atoms with Gasteiger partial charge in [-0.25, -0.2) is 9.50 Å². The van der Waals surface area contributed by atoms with E-state index in [2.05, 4.69) is 10.1 Å². The molecule has 0 fully saturated rings. The molecule has 0 saturated heterocycles. The molecule has 15 heavy (non-hydrogen) atoms. The van der Waals surface area contributed by atoms with Crippen LogP contribution >= 0.6 is 0 Å². The van der Waals surface area contributed by atoms with Crippen LogP contribution in [0.15, 0.2) is 17.1 Å². The number of aryl methyl sites for hydroxylation is 1. The predicted molar refractivity (Wildman–Crippen MR) is 51.9 cm³/mol. The highest BCUT2D eigenvalue weighted by molar-refractivity contribution is 5.70. The molecule has 0 unspecified atom stereocenters. The van der Waals surface area contributed by atoms with E-state index in [-0.39, 0.29) is 17.5 Å². The van der Waals surface area contributed by atoms with Gasteiger partial charge in [-0.05, 0) is 6.92 Å². The van der Waals surface area contributed by atoms with Gasteiger partial charge in [-0.3, -0.25) is 14.7 Å². The third-order valence-electron chi connectivity index (χ3n) is 2.17. The van der Waals surface area contributed by atoms with Gasteiger partial charge in [0.15, 0.2) is 5.65 Å². The lowest BCUT2D eigenvalue weighted by Crippen LogP contribution is -2.23. The molecule has 0 amide bonds. The largest absolute Gasteiger partial charge is 0.481 e. The molecule has 0 aliphatic carbocycles. The van der Waals surface area contributed by atoms with Crippen LogP contribution in [0.2, 0.25) is 0 Å². The number of aliphatic carboxylic acids is 1. The summed E-state index contributed by atoms with van der Waals surface area (Å²) in [5.41, 5.74) is 0.806. The summed E-state index contributed by atoms with van der Waals surface area (Å²) in [7, 11) is 0. The van der Waals surface area contributed by atoms with Gasteiger partial charge in [0.1, 0.15) is 0 Å². The predicted octanol–water partition coefficient (Wildman–Crippen LogP) is -0.0419. The standard InChI is InChI=1S/C9H9N3O3/c1-5-6(4-8(13)14)9(15)12-7(11-5)2-3-10-12/h2-3,10H,4H2,1H3,(H,13,14). The Labute approximate surface area is 84.2 Å². The Bertz CT molecular complexity index is 582. The van der Waals surface area contributed by atoms with Gasteiger partial charge in [-0.15, -0.1) is 0 Å². The molecular formula is C9H9N3O3. The van der Waals surface area contributed by atoms with Crippen molar-refractivity contribution in [1.82, 2.24) is 14.6 Å². The van der Waals surface area contributed by atoms with Crippen molar-refractivity contribution >= 4 is 11.6 Å². The van der Waals surface area contributed by atoms with Crippen molar-refractivity contribution in [2.45, 2.75) is 13.3 Å². The second-order valence-corrected chi connectivity index (χ2v) is 3.21. The molecule has 0 aliphatic heterocycles. The number of fused-ring (bicyclic) bond motifs is 1. The van der Waals surface area contributed by atoms with Crippen LogP contribution in [0.5, 0.6) is 0 Å². The molecule has 6 heteroatoms. The third-order valence-corrected chi connectivity index (χ3v) is 2.17. The summed E-state index contributed by atoms with van der Waals surface area (Å²) in [6, 6.07) is 1.65. The zero-order chi connectivity index (χ0) is 11.0. The summed E-state index contributed by atoms with van der Waals surface area (Å²) in [6.45, 7) is 1.63. The van der Waals surface area contributed by atoms with Gasteiger partial charge in [0.25, 0.3) is 5.56 Å². The van der Waals surface area contributed by atoms with Gasteiger partial charge in [0, 0.05) is 18.0 Å². The van der Waals surface area contributed by atoms with Crippen LogP contribution in [-0.4, -0.2) is 25.7 Å². The van der Waals surface area contributed by atoms with Crippen LogP contribution in [0.1, 0.15) is 11.3 Å². The highest BCUT2D eigenvalue weighted by Gasteiger charge is 2.12. The Morgan fingerprint density at radius 2 is 2.40 bits per heavy atom. The lowest BCUT2D eigenvalue weighted by molar-refractivity contribution is -0.136. The lowest BCUT2D eigenvalue weighted by Gasteiger charge is -2.02. The van der Waals surface area contributed by atoms with E-state index in [0.29, 0.717) is 11.3 Å². The maximum absolute atomic E-state index is 11.8. The lowest BCUT2D eigenvalue weighted by atomic mass is 10.2. The Kier molecular flexibility index (Phi) is 2.03. The first kappa shape index (κ1) is 9.45. The number of hydrogen-bond donors (Lipinski definition) is 2. The number of aromatic amines is 1. The van der Waals surface area contributed by atoms with Gasteiger partial charge in [-0.2, -0.15) is 0 Å². The van der Waals surface area contributed by atoms with Gasteiger partial charge < -0.3 is 5.11 Å². The number of carboxylic acids is 1. The normalized spacial score (nSPS) is 10.7. The Hall–Kier alpha value is -2.11. The highest BCUT2D eigenvalue weighted by Crippen LogP contribution is 2.03. The van der Waals surface area contributed by atoms with E-state index in [9.17, 15) is 9.59 Å². The van der Waals surface area contributed by atoms with E-state index in [1.54, 1.807) is 19.2 Å². The Morgan fingerprint density at radius 3 is 3.07 bits per heavy atom. The van der Waals surface area contributed by atoms with Crippen molar-refractivity contribution in [1.29, 1.82) is 0 Å². The first-order valence-corrected chi connectivity index (χ1v) is 4.37. The molecule has 2 aromatic rings. The molecule has 2 aromatic heterocycles. The quantitative estimate of drug-likeness (QED) is 0.723. The first-order chi connectivity index (χ1) is 7.09. The van der Waals surface area contributed by atoms with Crippen LogP contribution in [0.3, 0.4) is 0 Å². The fraction of sp³-hybridized carbons (Fsp3) is 0.222. The van der Waals surface area contributed by atoms with Crippen molar-refractivity contribution in [2.24, 2.45) is 0 Å². The average molecular weight is 207 g/mol. The molecule has 0 spiro atoms. The minimum Gasteiger partial charge on any atom is -0.481 e. The molecular weight excluding hydrogens is 198 g/mol. The van der Waals surface area contributed by atoms with Crippen molar-refractivity contribution in [2.75, 3.05) is 0 Å². The number of nitrogens with one attached hydrogen (secondary N) is 1. The second kappa shape index (κ2) is 3.23. The number of hydrogen-bond acceptors (Lipinski definition) is 3. The average Bonchev–Trinajstić information content (AvgIpc) is 2.59. The molecule has 2 rings (SSSR count). The molecule has 0 saturated carbocycles. The zero-order valence-electron chi connectivity index (χ0n) is 8.02. The molecule has 0 radical (unpaired) electrons. The van der Waals surface area contributed by atoms with Crippen LogP contribution < -0.4 is 5.56 Å². The summed E-state index contributed by atoms with van der Waals surface area (Å²) >= 11 is 0. The summed E-state index contributed by atoms with van der Waals surface area (Å²) in [6.07, 6.45) is 1.27. The smallest absolute Gasteiger partial charge is 0.308 e. The van der Waals surface area contributed by atoms with Crippen LogP contribution in [0.25, 0.3) is 5.65 Å². The number of carbonyl (C=O) groups is 1. The highest BCUT2D eigenvalue weighted by atomic mass is 16.4.